The fraction of sp³-hybridized carbons (Fsp3) is 0. The van der Waals surface area contributed by atoms with Gasteiger partial charge in [0, 0.05) is 12.1 Å². The number of rotatable bonds is 5. The van der Waals surface area contributed by atoms with Crippen molar-refractivity contribution in [3.63, 3.8) is 0 Å². The highest BCUT2D eigenvalue weighted by Gasteiger charge is 2.17. The summed E-state index contributed by atoms with van der Waals surface area (Å²) in [5.74, 6) is -2.25. The first kappa shape index (κ1) is 14.2. The third kappa shape index (κ3) is 3.41. The molecule has 3 N–H and O–H groups in total. The van der Waals surface area contributed by atoms with Crippen molar-refractivity contribution in [1.29, 1.82) is 0 Å². The van der Waals surface area contributed by atoms with E-state index in [1.165, 1.54) is 48.5 Å². The molecule has 0 amide bonds. The van der Waals surface area contributed by atoms with Crippen LogP contribution in [0.25, 0.3) is 0 Å². The van der Waals surface area contributed by atoms with Gasteiger partial charge in [-0.15, -0.1) is 5.43 Å². The van der Waals surface area contributed by atoms with Gasteiger partial charge in [-0.25, -0.2) is 9.59 Å². The molecule has 0 saturated carbocycles. The average molecular weight is 287 g/mol. The molecule has 7 heteroatoms. The summed E-state index contributed by atoms with van der Waals surface area (Å²) >= 11 is 0. The molecular formula is C14H11N2O5+. The Morgan fingerprint density at radius 1 is 0.905 bits per heavy atom. The largest absolute Gasteiger partial charge is 0.478 e. The zero-order valence-corrected chi connectivity index (χ0v) is 10.7. The predicted octanol–water partition coefficient (Wildman–Crippen LogP) is 2.52. The standard InChI is InChI=1S/C14H10N2O5/c17-13(18)9-3-1-5-11(7-9)15-16(21)12-6-2-4-10(8-12)14(19)20/h1-8H,(H2-,15,17,18,19,20,21)/p+1. The zero-order valence-electron chi connectivity index (χ0n) is 10.7. The molecule has 106 valence electrons. The molecular weight excluding hydrogens is 276 g/mol. The highest BCUT2D eigenvalue weighted by Crippen LogP contribution is 2.17. The Morgan fingerprint density at radius 2 is 1.48 bits per heavy atom. The number of hydrogen-bond acceptors (Lipinski definition) is 3. The molecule has 21 heavy (non-hydrogen) atoms. The minimum absolute atomic E-state index is 0.0190. The van der Waals surface area contributed by atoms with E-state index in [-0.39, 0.29) is 22.5 Å². The molecule has 2 aromatic rings. The van der Waals surface area contributed by atoms with Crippen LogP contribution in [0.15, 0.2) is 48.5 Å². The number of nitrogens with one attached hydrogen (secondary N) is 1. The molecule has 0 spiro atoms. The summed E-state index contributed by atoms with van der Waals surface area (Å²) in [5, 5.41) is 17.7. The number of anilines is 1. The Labute approximate surface area is 119 Å². The molecule has 0 heterocycles. The number of nitroso groups, excluding NO2 is 1. The van der Waals surface area contributed by atoms with Crippen LogP contribution < -0.4 is 5.43 Å². The predicted molar refractivity (Wildman–Crippen MR) is 73.7 cm³/mol. The number of nitrogens with zero attached hydrogens (tertiary/aromatic N) is 1. The Hall–Kier alpha value is -3.22. The fourth-order valence-corrected chi connectivity index (χ4v) is 1.67. The van der Waals surface area contributed by atoms with Gasteiger partial charge in [0.15, 0.2) is 4.87 Å². The molecule has 0 aliphatic carbocycles. The number of carboxylic acid groups (broad SMARTS) is 2. The van der Waals surface area contributed by atoms with E-state index in [0.717, 1.165) is 0 Å². The Morgan fingerprint density at radius 3 is 2.10 bits per heavy atom. The maximum absolute atomic E-state index is 11.9. The van der Waals surface area contributed by atoms with Crippen molar-refractivity contribution >= 4 is 23.3 Å². The Kier molecular flexibility index (Phi) is 3.94. The second kappa shape index (κ2) is 5.83. The second-order valence-electron chi connectivity index (χ2n) is 4.15. The van der Waals surface area contributed by atoms with Crippen LogP contribution in [0.2, 0.25) is 0 Å². The lowest BCUT2D eigenvalue weighted by molar-refractivity contribution is -0.427. The first-order chi connectivity index (χ1) is 9.97. The van der Waals surface area contributed by atoms with Crippen LogP contribution >= 0.6 is 0 Å². The average Bonchev–Trinajstić information content (AvgIpc) is 2.47. The highest BCUT2D eigenvalue weighted by atomic mass is 16.4. The van der Waals surface area contributed by atoms with Crippen LogP contribution in [0.4, 0.5) is 11.4 Å². The molecule has 0 aliphatic rings. The normalized spacial score (nSPS) is 9.90. The summed E-state index contributed by atoms with van der Waals surface area (Å²) in [6.07, 6.45) is 0. The van der Waals surface area contributed by atoms with E-state index < -0.39 is 11.9 Å². The van der Waals surface area contributed by atoms with Gasteiger partial charge in [-0.2, -0.15) is 0 Å². The number of hydrogen-bond donors (Lipinski definition) is 3. The number of benzene rings is 2. The SMILES string of the molecule is O=C(O)c1cccc(N[N+](=O)c2cccc(C(=O)O)c2)c1. The first-order valence-corrected chi connectivity index (χ1v) is 5.88. The molecule has 0 saturated heterocycles. The summed E-state index contributed by atoms with van der Waals surface area (Å²) in [5.41, 5.74) is 2.83. The van der Waals surface area contributed by atoms with E-state index in [9.17, 15) is 14.5 Å². The van der Waals surface area contributed by atoms with E-state index >= 15 is 0 Å². The van der Waals surface area contributed by atoms with Gasteiger partial charge in [0.25, 0.3) is 5.69 Å². The molecule has 2 rings (SSSR count). The van der Waals surface area contributed by atoms with Crippen LogP contribution in [-0.4, -0.2) is 27.0 Å². The number of carboxylic acids is 2. The lowest BCUT2D eigenvalue weighted by Gasteiger charge is -2.00. The number of aromatic carboxylic acids is 2. The molecule has 0 unspecified atom stereocenters. The molecule has 0 atom stereocenters. The second-order valence-corrected chi connectivity index (χ2v) is 4.15. The van der Waals surface area contributed by atoms with Crippen LogP contribution in [0.5, 0.6) is 0 Å². The van der Waals surface area contributed by atoms with Gasteiger partial charge in [-0.1, -0.05) is 12.1 Å². The molecule has 7 nitrogen and oxygen atoms in total. The van der Waals surface area contributed by atoms with Gasteiger partial charge < -0.3 is 10.2 Å². The van der Waals surface area contributed by atoms with Gasteiger partial charge in [0.1, 0.15) is 5.69 Å². The van der Waals surface area contributed by atoms with E-state index in [0.29, 0.717) is 4.87 Å². The fourth-order valence-electron chi connectivity index (χ4n) is 1.67. The summed E-state index contributed by atoms with van der Waals surface area (Å²) < 4.78 is 0. The number of hydrazine groups is 1. The van der Waals surface area contributed by atoms with Gasteiger partial charge >= 0.3 is 11.9 Å². The van der Waals surface area contributed by atoms with E-state index in [2.05, 4.69) is 5.43 Å². The van der Waals surface area contributed by atoms with Crippen molar-refractivity contribution in [2.45, 2.75) is 0 Å². The third-order valence-electron chi connectivity index (χ3n) is 2.67. The summed E-state index contributed by atoms with van der Waals surface area (Å²) in [6.45, 7) is 0. The molecule has 0 aromatic heterocycles. The molecule has 0 aliphatic heterocycles. The van der Waals surface area contributed by atoms with Crippen LogP contribution in [0, 0.1) is 4.91 Å². The smallest absolute Gasteiger partial charge is 0.335 e. The van der Waals surface area contributed by atoms with Crippen LogP contribution in [0.1, 0.15) is 20.7 Å². The summed E-state index contributed by atoms with van der Waals surface area (Å²) in [7, 11) is 0. The Bertz CT molecular complexity index is 727. The maximum Gasteiger partial charge on any atom is 0.335 e. The minimum Gasteiger partial charge on any atom is -0.478 e. The third-order valence-corrected chi connectivity index (χ3v) is 2.67. The van der Waals surface area contributed by atoms with E-state index in [4.69, 9.17) is 10.2 Å². The lowest BCUT2D eigenvalue weighted by Crippen LogP contribution is -2.11. The van der Waals surface area contributed by atoms with Gasteiger partial charge in [-0.05, 0) is 24.3 Å². The van der Waals surface area contributed by atoms with Crippen molar-refractivity contribution in [3.8, 4) is 0 Å². The number of carbonyl (C=O) groups is 2. The van der Waals surface area contributed by atoms with Crippen molar-refractivity contribution < 1.29 is 24.7 Å². The minimum atomic E-state index is -1.14. The molecule has 0 fully saturated rings. The zero-order chi connectivity index (χ0) is 15.4. The van der Waals surface area contributed by atoms with Gasteiger partial charge in [0.2, 0.25) is 0 Å². The summed E-state index contributed by atoms with van der Waals surface area (Å²) in [6, 6.07) is 11.2. The highest BCUT2D eigenvalue weighted by molar-refractivity contribution is 5.89. The summed E-state index contributed by atoms with van der Waals surface area (Å²) in [4.78, 5) is 34.0. The van der Waals surface area contributed by atoms with Crippen molar-refractivity contribution in [2.75, 3.05) is 5.43 Å². The molecule has 2 aromatic carbocycles. The first-order valence-electron chi connectivity index (χ1n) is 5.88. The molecule has 0 radical (unpaired) electrons. The van der Waals surface area contributed by atoms with E-state index in [1.54, 1.807) is 0 Å². The maximum atomic E-state index is 11.9. The van der Waals surface area contributed by atoms with Crippen LogP contribution in [0.3, 0.4) is 0 Å². The molecule has 0 bridgehead atoms. The van der Waals surface area contributed by atoms with Crippen molar-refractivity contribution in [1.82, 2.24) is 0 Å². The lowest BCUT2D eigenvalue weighted by atomic mass is 10.2. The van der Waals surface area contributed by atoms with Gasteiger partial charge in [-0.3, -0.25) is 0 Å². The van der Waals surface area contributed by atoms with Crippen molar-refractivity contribution in [2.24, 2.45) is 0 Å². The van der Waals surface area contributed by atoms with Gasteiger partial charge in [0.05, 0.1) is 16.0 Å². The van der Waals surface area contributed by atoms with E-state index in [1.807, 2.05) is 0 Å². The quantitative estimate of drug-likeness (QED) is 0.576. The van der Waals surface area contributed by atoms with Crippen LogP contribution in [-0.2, 0) is 0 Å². The van der Waals surface area contributed by atoms with Crippen molar-refractivity contribution in [3.05, 3.63) is 64.6 Å². The Balaban J connectivity index is 2.22. The topological polar surface area (TPSA) is 107 Å². The monoisotopic (exact) mass is 287 g/mol.